The summed E-state index contributed by atoms with van der Waals surface area (Å²) in [6.45, 7) is 0.764. The number of hydrogen-bond acceptors (Lipinski definition) is 7. The minimum absolute atomic E-state index is 0.0717. The van der Waals surface area contributed by atoms with Gasteiger partial charge in [-0.05, 0) is 30.7 Å². The molecule has 2 atom stereocenters. The highest BCUT2D eigenvalue weighted by Crippen LogP contribution is 2.39. The predicted octanol–water partition coefficient (Wildman–Crippen LogP) is 2.71. The summed E-state index contributed by atoms with van der Waals surface area (Å²) in [6, 6.07) is 5.80. The average molecular weight is 493 g/mol. The Morgan fingerprint density at radius 1 is 1.10 bits per heavy atom. The van der Waals surface area contributed by atoms with E-state index in [1.807, 2.05) is 4.90 Å². The van der Waals surface area contributed by atoms with Crippen molar-refractivity contribution in [2.45, 2.75) is 27.2 Å². The molecule has 1 aromatic carbocycles. The highest BCUT2D eigenvalue weighted by atomic mass is 35.6. The molecule has 0 aliphatic carbocycles. The number of carbonyl (C=O) groups is 1. The molecule has 1 N–H and O–H groups in total. The summed E-state index contributed by atoms with van der Waals surface area (Å²) >= 11 is 18.1. The van der Waals surface area contributed by atoms with Crippen LogP contribution in [0.4, 0.5) is 10.7 Å². The van der Waals surface area contributed by atoms with Crippen LogP contribution in [0.2, 0.25) is 0 Å². The molecule has 30 heavy (non-hydrogen) atoms. The maximum Gasteiger partial charge on any atom is 0.407 e. The summed E-state index contributed by atoms with van der Waals surface area (Å²) in [5.41, 5.74) is 0.526. The third-order valence-electron chi connectivity index (χ3n) is 5.16. The number of fused-ring (bicyclic) bond motifs is 2. The van der Waals surface area contributed by atoms with Crippen LogP contribution in [0.25, 0.3) is 11.4 Å². The number of amides is 1. The van der Waals surface area contributed by atoms with Crippen molar-refractivity contribution < 1.29 is 18.3 Å². The SMILES string of the molecule is CS(=O)(=O)c1ccc(-c2nc(N3CC4CC3CN4C(=O)O)nc(C(Cl)(Cl)Cl)n2)cc1. The van der Waals surface area contributed by atoms with Crippen LogP contribution in [0.1, 0.15) is 12.2 Å². The number of alkyl halides is 3. The zero-order chi connectivity index (χ0) is 21.8. The molecule has 160 valence electrons. The van der Waals surface area contributed by atoms with Crippen LogP contribution in [0.3, 0.4) is 0 Å². The van der Waals surface area contributed by atoms with Gasteiger partial charge in [0.25, 0.3) is 0 Å². The van der Waals surface area contributed by atoms with Gasteiger partial charge >= 0.3 is 6.09 Å². The van der Waals surface area contributed by atoms with E-state index >= 15 is 0 Å². The molecule has 3 heterocycles. The van der Waals surface area contributed by atoms with Crippen molar-refractivity contribution in [3.8, 4) is 11.4 Å². The molecule has 1 amide bonds. The Bertz CT molecular complexity index is 1110. The van der Waals surface area contributed by atoms with Crippen LogP contribution in [-0.4, -0.2) is 70.9 Å². The minimum Gasteiger partial charge on any atom is -0.465 e. The van der Waals surface area contributed by atoms with Gasteiger partial charge in [-0.25, -0.2) is 18.2 Å². The van der Waals surface area contributed by atoms with E-state index in [0.717, 1.165) is 6.26 Å². The number of halogens is 3. The molecule has 2 saturated heterocycles. The second kappa shape index (κ2) is 7.37. The average Bonchev–Trinajstić information content (AvgIpc) is 3.27. The largest absolute Gasteiger partial charge is 0.465 e. The molecular formula is C17H16Cl3N5O4S. The van der Waals surface area contributed by atoms with Gasteiger partial charge in [0.15, 0.2) is 21.5 Å². The Morgan fingerprint density at radius 3 is 2.27 bits per heavy atom. The molecule has 4 rings (SSSR count). The normalized spacial score (nSPS) is 21.3. The van der Waals surface area contributed by atoms with E-state index in [1.165, 1.54) is 17.0 Å². The van der Waals surface area contributed by atoms with Crippen LogP contribution in [0.15, 0.2) is 29.2 Å². The summed E-state index contributed by atoms with van der Waals surface area (Å²) in [5, 5.41) is 9.29. The molecule has 0 spiro atoms. The van der Waals surface area contributed by atoms with Gasteiger partial charge in [0.1, 0.15) is 0 Å². The van der Waals surface area contributed by atoms with Crippen molar-refractivity contribution in [2.75, 3.05) is 24.2 Å². The van der Waals surface area contributed by atoms with Crippen molar-refractivity contribution >= 4 is 56.7 Å². The van der Waals surface area contributed by atoms with Gasteiger partial charge in [0.05, 0.1) is 17.0 Å². The first kappa shape index (κ1) is 21.4. The summed E-state index contributed by atoms with van der Waals surface area (Å²) in [4.78, 5) is 27.8. The number of aromatic nitrogens is 3. The van der Waals surface area contributed by atoms with Crippen LogP contribution in [0, 0.1) is 0 Å². The lowest BCUT2D eigenvalue weighted by molar-refractivity contribution is 0.137. The molecule has 2 aliphatic rings. The highest BCUT2D eigenvalue weighted by Gasteiger charge is 2.47. The maximum atomic E-state index is 11.7. The van der Waals surface area contributed by atoms with Gasteiger partial charge in [0, 0.05) is 24.9 Å². The van der Waals surface area contributed by atoms with Gasteiger partial charge in [-0.15, -0.1) is 0 Å². The monoisotopic (exact) mass is 491 g/mol. The van der Waals surface area contributed by atoms with Crippen molar-refractivity contribution in [1.82, 2.24) is 19.9 Å². The minimum atomic E-state index is -3.35. The predicted molar refractivity (Wildman–Crippen MR) is 112 cm³/mol. The number of likely N-dealkylation sites (tertiary alicyclic amines) is 1. The Balaban J connectivity index is 1.72. The number of benzene rings is 1. The van der Waals surface area contributed by atoms with Crippen molar-refractivity contribution in [2.24, 2.45) is 0 Å². The fourth-order valence-electron chi connectivity index (χ4n) is 3.75. The Hall–Kier alpha value is -1.88. The second-order valence-electron chi connectivity index (χ2n) is 7.21. The van der Waals surface area contributed by atoms with E-state index in [4.69, 9.17) is 34.8 Å². The molecule has 2 fully saturated rings. The quantitative estimate of drug-likeness (QED) is 0.650. The van der Waals surface area contributed by atoms with Gasteiger partial charge in [0.2, 0.25) is 9.74 Å². The molecule has 0 saturated carbocycles. The topological polar surface area (TPSA) is 117 Å². The Morgan fingerprint density at radius 2 is 1.77 bits per heavy atom. The molecule has 13 heteroatoms. The Labute approximate surface area is 187 Å². The van der Waals surface area contributed by atoms with E-state index in [-0.39, 0.29) is 34.6 Å². The van der Waals surface area contributed by atoms with E-state index in [9.17, 15) is 18.3 Å². The third kappa shape index (κ3) is 4.01. The van der Waals surface area contributed by atoms with Crippen molar-refractivity contribution in [1.29, 1.82) is 0 Å². The van der Waals surface area contributed by atoms with E-state index in [0.29, 0.717) is 25.1 Å². The number of sulfone groups is 1. The number of anilines is 1. The van der Waals surface area contributed by atoms with Gasteiger partial charge in [-0.2, -0.15) is 9.97 Å². The molecule has 9 nitrogen and oxygen atoms in total. The molecule has 0 radical (unpaired) electrons. The molecular weight excluding hydrogens is 477 g/mol. The lowest BCUT2D eigenvalue weighted by Crippen LogP contribution is -2.49. The van der Waals surface area contributed by atoms with Crippen LogP contribution in [-0.2, 0) is 13.6 Å². The number of carboxylic acid groups (broad SMARTS) is 1. The number of hydrogen-bond donors (Lipinski definition) is 1. The Kier molecular flexibility index (Phi) is 5.24. The summed E-state index contributed by atoms with van der Waals surface area (Å²) < 4.78 is 21.5. The summed E-state index contributed by atoms with van der Waals surface area (Å²) in [6.07, 6.45) is 0.832. The lowest BCUT2D eigenvalue weighted by Gasteiger charge is -2.33. The van der Waals surface area contributed by atoms with Crippen LogP contribution < -0.4 is 4.90 Å². The zero-order valence-electron chi connectivity index (χ0n) is 15.5. The summed E-state index contributed by atoms with van der Waals surface area (Å²) in [5.74, 6) is 0.433. The third-order valence-corrected chi connectivity index (χ3v) is 6.80. The number of nitrogens with zero attached hydrogens (tertiary/aromatic N) is 5. The molecule has 2 aromatic rings. The first-order valence-corrected chi connectivity index (χ1v) is 11.9. The van der Waals surface area contributed by atoms with E-state index in [1.54, 1.807) is 12.1 Å². The number of piperazine rings is 1. The zero-order valence-corrected chi connectivity index (χ0v) is 18.6. The smallest absolute Gasteiger partial charge is 0.407 e. The van der Waals surface area contributed by atoms with E-state index < -0.39 is 19.7 Å². The molecule has 2 unspecified atom stereocenters. The number of rotatable bonds is 3. The van der Waals surface area contributed by atoms with Crippen LogP contribution in [0.5, 0.6) is 0 Å². The summed E-state index contributed by atoms with van der Waals surface area (Å²) in [7, 11) is -3.35. The highest BCUT2D eigenvalue weighted by molar-refractivity contribution is 7.90. The maximum absolute atomic E-state index is 11.7. The fraction of sp³-hybridized carbons (Fsp3) is 0.412. The molecule has 2 bridgehead atoms. The second-order valence-corrected chi connectivity index (χ2v) is 11.5. The van der Waals surface area contributed by atoms with Gasteiger partial charge in [-0.3, -0.25) is 0 Å². The van der Waals surface area contributed by atoms with Crippen LogP contribution >= 0.6 is 34.8 Å². The van der Waals surface area contributed by atoms with Crippen molar-refractivity contribution in [3.63, 3.8) is 0 Å². The fourth-order valence-corrected chi connectivity index (χ4v) is 4.63. The standard InChI is InChI=1S/C17H16Cl3N5O4S/c1-30(28,29)12-4-2-9(3-5-12)13-21-14(17(18,19)20)23-15(22-13)24-7-11-6-10(24)8-25(11)16(26)27/h2-5,10-11H,6-8H2,1H3,(H,26,27). The van der Waals surface area contributed by atoms with Crippen molar-refractivity contribution in [3.05, 3.63) is 30.1 Å². The molecule has 1 aromatic heterocycles. The first-order valence-electron chi connectivity index (χ1n) is 8.83. The molecule has 2 aliphatic heterocycles. The van der Waals surface area contributed by atoms with Gasteiger partial charge < -0.3 is 14.9 Å². The van der Waals surface area contributed by atoms with E-state index in [2.05, 4.69) is 15.0 Å². The van der Waals surface area contributed by atoms with Gasteiger partial charge in [-0.1, -0.05) is 34.8 Å². The first-order chi connectivity index (χ1) is 13.9. The lowest BCUT2D eigenvalue weighted by atomic mass is 10.2.